The fourth-order valence-electron chi connectivity index (χ4n) is 4.72. The SMILES string of the molecule is C=C1NC2C(CO)NC(=O)N3C[C@H](OC(=O)c4ccc(C(F)(F)F)cc4)[C@](C)(O)C23N1O. The number of urea groups is 1. The van der Waals surface area contributed by atoms with Gasteiger partial charge in [-0.3, -0.25) is 10.1 Å². The van der Waals surface area contributed by atoms with E-state index in [4.69, 9.17) is 4.74 Å². The summed E-state index contributed by atoms with van der Waals surface area (Å²) in [7, 11) is 0. The highest BCUT2D eigenvalue weighted by Crippen LogP contribution is 2.50. The van der Waals surface area contributed by atoms with Gasteiger partial charge in [-0.2, -0.15) is 13.2 Å². The summed E-state index contributed by atoms with van der Waals surface area (Å²) < 4.78 is 43.7. The van der Waals surface area contributed by atoms with E-state index < -0.39 is 59.8 Å². The molecule has 3 heterocycles. The van der Waals surface area contributed by atoms with Crippen LogP contribution in [0.5, 0.6) is 0 Å². The van der Waals surface area contributed by atoms with Gasteiger partial charge in [-0.05, 0) is 31.2 Å². The number of rotatable bonds is 3. The number of aliphatic hydroxyl groups is 2. The summed E-state index contributed by atoms with van der Waals surface area (Å²) in [5.41, 5.74) is -5.09. The van der Waals surface area contributed by atoms with E-state index in [1.807, 2.05) is 0 Å². The third kappa shape index (κ3) is 2.84. The molecule has 3 saturated heterocycles. The molecule has 3 aliphatic rings. The van der Waals surface area contributed by atoms with Crippen molar-refractivity contribution in [3.05, 3.63) is 47.8 Å². The molecule has 2 amide bonds. The average Bonchev–Trinajstić information content (AvgIpc) is 3.13. The molecule has 0 bridgehead atoms. The number of ether oxygens (including phenoxy) is 1. The van der Waals surface area contributed by atoms with E-state index in [1.54, 1.807) is 0 Å². The van der Waals surface area contributed by atoms with Gasteiger partial charge in [-0.15, -0.1) is 0 Å². The van der Waals surface area contributed by atoms with Crippen LogP contribution in [0, 0.1) is 0 Å². The predicted octanol–water partition coefficient (Wildman–Crippen LogP) is 0.212. The molecule has 174 valence electrons. The van der Waals surface area contributed by atoms with Gasteiger partial charge in [-0.1, -0.05) is 6.58 Å². The zero-order chi connectivity index (χ0) is 23.6. The van der Waals surface area contributed by atoms with Crippen LogP contribution >= 0.6 is 0 Å². The van der Waals surface area contributed by atoms with Crippen LogP contribution in [0.4, 0.5) is 18.0 Å². The van der Waals surface area contributed by atoms with Crippen LogP contribution in [0.15, 0.2) is 36.7 Å². The van der Waals surface area contributed by atoms with Crippen molar-refractivity contribution in [3.63, 3.8) is 0 Å². The molecule has 10 nitrogen and oxygen atoms in total. The summed E-state index contributed by atoms with van der Waals surface area (Å²) in [6, 6.07) is 0.742. The van der Waals surface area contributed by atoms with Crippen molar-refractivity contribution in [1.82, 2.24) is 20.6 Å². The van der Waals surface area contributed by atoms with Gasteiger partial charge in [0.25, 0.3) is 0 Å². The molecule has 0 radical (unpaired) electrons. The summed E-state index contributed by atoms with van der Waals surface area (Å²) in [6.45, 7) is 4.03. The number of hydroxylamine groups is 2. The Kier molecular flexibility index (Phi) is 4.84. The molecule has 3 aliphatic heterocycles. The van der Waals surface area contributed by atoms with Crippen LogP contribution in [0.3, 0.4) is 0 Å². The summed E-state index contributed by atoms with van der Waals surface area (Å²) in [6.07, 6.45) is -5.95. The number of hydrogen-bond donors (Lipinski definition) is 5. The van der Waals surface area contributed by atoms with Crippen LogP contribution < -0.4 is 10.6 Å². The van der Waals surface area contributed by atoms with Crippen molar-refractivity contribution in [2.45, 2.75) is 42.6 Å². The van der Waals surface area contributed by atoms with Crippen molar-refractivity contribution in [2.75, 3.05) is 13.2 Å². The highest BCUT2D eigenvalue weighted by Gasteiger charge is 2.76. The van der Waals surface area contributed by atoms with Crippen molar-refractivity contribution >= 4 is 12.0 Å². The normalized spacial score (nSPS) is 34.0. The third-order valence-electron chi connectivity index (χ3n) is 6.32. The number of amides is 2. The molecule has 0 saturated carbocycles. The van der Waals surface area contributed by atoms with Crippen LogP contribution in [0.25, 0.3) is 0 Å². The minimum absolute atomic E-state index is 0.0510. The van der Waals surface area contributed by atoms with E-state index in [2.05, 4.69) is 17.2 Å². The van der Waals surface area contributed by atoms with Crippen molar-refractivity contribution in [1.29, 1.82) is 0 Å². The Morgan fingerprint density at radius 3 is 2.50 bits per heavy atom. The minimum atomic E-state index is -4.58. The largest absolute Gasteiger partial charge is 0.454 e. The van der Waals surface area contributed by atoms with E-state index in [1.165, 1.54) is 6.92 Å². The van der Waals surface area contributed by atoms with E-state index >= 15 is 0 Å². The molecule has 0 aliphatic carbocycles. The number of nitrogens with one attached hydrogen (secondary N) is 2. The summed E-state index contributed by atoms with van der Waals surface area (Å²) in [5, 5.41) is 37.9. The highest BCUT2D eigenvalue weighted by atomic mass is 19.4. The van der Waals surface area contributed by atoms with Crippen LogP contribution in [0.2, 0.25) is 0 Å². The fourth-order valence-corrected chi connectivity index (χ4v) is 4.72. The third-order valence-corrected chi connectivity index (χ3v) is 6.32. The lowest BCUT2D eigenvalue weighted by atomic mass is 9.79. The molecule has 1 aromatic carbocycles. The molecule has 13 heteroatoms. The van der Waals surface area contributed by atoms with E-state index in [0.717, 1.165) is 29.2 Å². The standard InChI is InChI=1S/C19H21F3N4O6/c1-9-23-14-12(8-27)24-16(29)25-7-13(17(2,30)18(14,25)26(9)31)32-15(28)10-3-5-11(6-4-10)19(20,21)22/h3-6,12-14,23,27,30-31H,1,7-8H2,2H3,(H,24,29)/t12?,13-,14?,17-,18?/m0/s1. The van der Waals surface area contributed by atoms with Gasteiger partial charge in [-0.25, -0.2) is 14.7 Å². The summed E-state index contributed by atoms with van der Waals surface area (Å²) in [5.74, 6) is -1.07. The number of carbonyl (C=O) groups excluding carboxylic acids is 2. The second kappa shape index (κ2) is 6.98. The second-order valence-corrected chi connectivity index (χ2v) is 8.07. The Morgan fingerprint density at radius 2 is 1.94 bits per heavy atom. The number of halogens is 3. The number of benzene rings is 1. The molecule has 5 N–H and O–H groups in total. The smallest absolute Gasteiger partial charge is 0.416 e. The lowest BCUT2D eigenvalue weighted by molar-refractivity contribution is -0.244. The van der Waals surface area contributed by atoms with Crippen LogP contribution in [-0.4, -0.2) is 80.0 Å². The van der Waals surface area contributed by atoms with Crippen molar-refractivity contribution in [3.8, 4) is 0 Å². The Bertz CT molecular complexity index is 969. The van der Waals surface area contributed by atoms with Gasteiger partial charge in [0, 0.05) is 0 Å². The molecule has 3 fully saturated rings. The molecule has 3 unspecified atom stereocenters. The first-order valence-electron chi connectivity index (χ1n) is 9.59. The molecular formula is C19H21F3N4O6. The molecule has 32 heavy (non-hydrogen) atoms. The van der Waals surface area contributed by atoms with Gasteiger partial charge in [0.2, 0.25) is 0 Å². The Balaban J connectivity index is 1.66. The number of carbonyl (C=O) groups is 2. The van der Waals surface area contributed by atoms with E-state index in [0.29, 0.717) is 5.06 Å². The Labute approximate surface area is 179 Å². The van der Waals surface area contributed by atoms with Crippen LogP contribution in [0.1, 0.15) is 22.8 Å². The quantitative estimate of drug-likeness (QED) is 0.406. The highest BCUT2D eigenvalue weighted by molar-refractivity contribution is 5.89. The zero-order valence-electron chi connectivity index (χ0n) is 16.8. The first kappa shape index (κ1) is 22.2. The van der Waals surface area contributed by atoms with E-state index in [-0.39, 0.29) is 17.9 Å². The molecule has 1 spiro atoms. The lowest BCUT2D eigenvalue weighted by Crippen LogP contribution is -2.80. The van der Waals surface area contributed by atoms with Gasteiger partial charge >= 0.3 is 18.2 Å². The van der Waals surface area contributed by atoms with Crippen molar-refractivity contribution < 1.29 is 42.9 Å². The second-order valence-electron chi connectivity index (χ2n) is 8.07. The Morgan fingerprint density at radius 1 is 1.31 bits per heavy atom. The first-order chi connectivity index (χ1) is 14.9. The Hall–Kier alpha value is -3.03. The predicted molar refractivity (Wildman–Crippen MR) is 99.8 cm³/mol. The molecule has 5 atom stereocenters. The maximum Gasteiger partial charge on any atom is 0.416 e. The van der Waals surface area contributed by atoms with Gasteiger partial charge in [0.1, 0.15) is 11.4 Å². The topological polar surface area (TPSA) is 135 Å². The number of aliphatic hydroxyl groups excluding tert-OH is 1. The fraction of sp³-hybridized carbons (Fsp3) is 0.474. The first-order valence-corrected chi connectivity index (χ1v) is 9.59. The number of hydrogen-bond acceptors (Lipinski definition) is 8. The zero-order valence-corrected chi connectivity index (χ0v) is 16.8. The molecular weight excluding hydrogens is 437 g/mol. The monoisotopic (exact) mass is 458 g/mol. The average molecular weight is 458 g/mol. The summed E-state index contributed by atoms with van der Waals surface area (Å²) in [4.78, 5) is 26.4. The number of alkyl halides is 3. The maximum absolute atomic E-state index is 12.8. The van der Waals surface area contributed by atoms with Gasteiger partial charge < -0.3 is 25.6 Å². The van der Waals surface area contributed by atoms with Gasteiger partial charge in [0.05, 0.1) is 36.4 Å². The maximum atomic E-state index is 12.8. The number of nitrogens with zero attached hydrogens (tertiary/aromatic N) is 2. The van der Waals surface area contributed by atoms with Gasteiger partial charge in [0.15, 0.2) is 11.8 Å². The number of esters is 1. The molecule has 1 aromatic rings. The molecule has 4 rings (SSSR count). The summed E-state index contributed by atoms with van der Waals surface area (Å²) >= 11 is 0. The minimum Gasteiger partial charge on any atom is -0.454 e. The molecule has 0 aromatic heterocycles. The lowest BCUT2D eigenvalue weighted by Gasteiger charge is -2.52. The van der Waals surface area contributed by atoms with Crippen LogP contribution in [-0.2, 0) is 10.9 Å². The van der Waals surface area contributed by atoms with Crippen molar-refractivity contribution in [2.24, 2.45) is 0 Å². The van der Waals surface area contributed by atoms with E-state index in [9.17, 15) is 38.2 Å².